The molecule has 1 heterocycles. The maximum absolute atomic E-state index is 11.7. The summed E-state index contributed by atoms with van der Waals surface area (Å²) in [6, 6.07) is 7.36. The summed E-state index contributed by atoms with van der Waals surface area (Å²) in [5, 5.41) is 54.9. The molecule has 5 rings (SSSR count). The number of methoxy groups -OCH3 is 2. The summed E-state index contributed by atoms with van der Waals surface area (Å²) in [4.78, 5) is 0. The normalized spacial score (nSPS) is 26.0. The molecule has 3 aliphatic rings. The van der Waals surface area contributed by atoms with Gasteiger partial charge in [0.2, 0.25) is 5.75 Å². The van der Waals surface area contributed by atoms with Crippen LogP contribution in [0.2, 0.25) is 0 Å². The van der Waals surface area contributed by atoms with Gasteiger partial charge in [0.15, 0.2) is 23.0 Å². The van der Waals surface area contributed by atoms with Crippen LogP contribution in [0.3, 0.4) is 0 Å². The van der Waals surface area contributed by atoms with Crippen molar-refractivity contribution >= 4 is 21.6 Å². The highest BCUT2D eigenvalue weighted by Gasteiger charge is 2.39. The standard InChI is InChI=1S/C36H52O9S2/c1-42-33-16-23(17-34(43-2)35(33)41)15-27-29(38)19-26(44-22-37)12-11-24-18-32(45-25-9-5-3-6-10-25)30(39)20-28(24)36(13-7-4-8-14-36)47-46-21-31(27)40/h16-18,20,25-27,29,31,37-41H,3-15,19,21-22H2,1-2H3/t26-,27+,29+,31-/m0/s1. The van der Waals surface area contributed by atoms with Crippen LogP contribution in [0.5, 0.6) is 28.7 Å². The van der Waals surface area contributed by atoms with Crippen molar-refractivity contribution < 1.29 is 44.5 Å². The molecule has 2 aromatic carbocycles. The Bertz CT molecular complexity index is 1270. The van der Waals surface area contributed by atoms with Crippen molar-refractivity contribution in [3.05, 3.63) is 41.0 Å². The Labute approximate surface area is 286 Å². The molecule has 0 unspecified atom stereocenters. The van der Waals surface area contributed by atoms with Gasteiger partial charge >= 0.3 is 0 Å². The van der Waals surface area contributed by atoms with E-state index < -0.39 is 31.0 Å². The zero-order valence-corrected chi connectivity index (χ0v) is 29.3. The largest absolute Gasteiger partial charge is 0.504 e. The number of rotatable bonds is 8. The van der Waals surface area contributed by atoms with Gasteiger partial charge < -0.3 is 44.5 Å². The fourth-order valence-electron chi connectivity index (χ4n) is 7.56. The van der Waals surface area contributed by atoms with Crippen LogP contribution in [0.25, 0.3) is 0 Å². The van der Waals surface area contributed by atoms with Crippen molar-refractivity contribution in [3.63, 3.8) is 0 Å². The molecule has 0 bridgehead atoms. The van der Waals surface area contributed by atoms with Gasteiger partial charge in [0, 0.05) is 11.7 Å². The third-order valence-electron chi connectivity index (χ3n) is 10.2. The number of aryl methyl sites for hydroxylation is 1. The third-order valence-corrected chi connectivity index (χ3v) is 13.5. The number of phenols is 2. The molecule has 11 heteroatoms. The lowest BCUT2D eigenvalue weighted by Gasteiger charge is -2.39. The molecule has 0 aromatic heterocycles. The molecule has 2 aromatic rings. The average molecular weight is 693 g/mol. The van der Waals surface area contributed by atoms with Gasteiger partial charge in [0.05, 0.1) is 43.4 Å². The van der Waals surface area contributed by atoms with Crippen LogP contribution < -0.4 is 14.2 Å². The molecule has 9 nitrogen and oxygen atoms in total. The molecule has 0 amide bonds. The average Bonchev–Trinajstić information content (AvgIpc) is 3.08. The van der Waals surface area contributed by atoms with Gasteiger partial charge in [0.1, 0.15) is 6.79 Å². The number of benzene rings is 2. The zero-order chi connectivity index (χ0) is 33.4. The Balaban J connectivity index is 1.47. The number of hydrogen-bond donors (Lipinski definition) is 5. The highest BCUT2D eigenvalue weighted by molar-refractivity contribution is 8.77. The molecule has 0 radical (unpaired) electrons. The monoisotopic (exact) mass is 692 g/mol. The van der Waals surface area contributed by atoms with Gasteiger partial charge in [-0.05, 0) is 105 Å². The number of hydrogen-bond acceptors (Lipinski definition) is 11. The summed E-state index contributed by atoms with van der Waals surface area (Å²) in [5.41, 5.74) is 2.96. The highest BCUT2D eigenvalue weighted by Crippen LogP contribution is 2.56. The Morgan fingerprint density at radius 1 is 0.809 bits per heavy atom. The van der Waals surface area contributed by atoms with Gasteiger partial charge in [-0.3, -0.25) is 0 Å². The Morgan fingerprint density at radius 3 is 2.15 bits per heavy atom. The van der Waals surface area contributed by atoms with Crippen LogP contribution >= 0.6 is 21.6 Å². The van der Waals surface area contributed by atoms with Crippen LogP contribution in [0, 0.1) is 5.92 Å². The van der Waals surface area contributed by atoms with Crippen molar-refractivity contribution in [2.45, 2.75) is 119 Å². The van der Waals surface area contributed by atoms with Crippen molar-refractivity contribution in [1.82, 2.24) is 0 Å². The van der Waals surface area contributed by atoms with E-state index in [2.05, 4.69) is 0 Å². The summed E-state index contributed by atoms with van der Waals surface area (Å²) in [7, 11) is 6.33. The zero-order valence-electron chi connectivity index (χ0n) is 27.7. The Hall–Kier alpha value is -2.02. The van der Waals surface area contributed by atoms with Crippen LogP contribution in [0.1, 0.15) is 93.7 Å². The first-order valence-corrected chi connectivity index (χ1v) is 19.4. The van der Waals surface area contributed by atoms with Gasteiger partial charge in [0.25, 0.3) is 0 Å². The lowest BCUT2D eigenvalue weighted by molar-refractivity contribution is -0.0808. The second kappa shape index (κ2) is 17.1. The van der Waals surface area contributed by atoms with Crippen molar-refractivity contribution in [1.29, 1.82) is 0 Å². The summed E-state index contributed by atoms with van der Waals surface area (Å²) >= 11 is 0. The lowest BCUT2D eigenvalue weighted by Crippen LogP contribution is -2.38. The lowest BCUT2D eigenvalue weighted by atomic mass is 9.79. The minimum absolute atomic E-state index is 0.101. The molecule has 0 saturated heterocycles. The van der Waals surface area contributed by atoms with Crippen LogP contribution in [-0.2, 0) is 22.3 Å². The molecular weight excluding hydrogens is 641 g/mol. The van der Waals surface area contributed by atoms with Gasteiger partial charge in [-0.2, -0.15) is 0 Å². The summed E-state index contributed by atoms with van der Waals surface area (Å²) in [5.74, 6) is 0.936. The number of ether oxygens (including phenoxy) is 4. The number of aliphatic hydroxyl groups excluding tert-OH is 3. The predicted molar refractivity (Wildman–Crippen MR) is 186 cm³/mol. The maximum Gasteiger partial charge on any atom is 0.200 e. The second-order valence-electron chi connectivity index (χ2n) is 13.3. The first-order valence-electron chi connectivity index (χ1n) is 17.1. The number of aliphatic hydroxyl groups is 3. The van der Waals surface area contributed by atoms with E-state index in [-0.39, 0.29) is 40.3 Å². The van der Waals surface area contributed by atoms with E-state index in [0.717, 1.165) is 68.1 Å². The molecule has 2 saturated carbocycles. The highest BCUT2D eigenvalue weighted by atomic mass is 33.1. The summed E-state index contributed by atoms with van der Waals surface area (Å²) in [6.07, 6.45) is 10.3. The Morgan fingerprint density at radius 2 is 1.49 bits per heavy atom. The Kier molecular flexibility index (Phi) is 13.2. The predicted octanol–water partition coefficient (Wildman–Crippen LogP) is 6.62. The fourth-order valence-corrected chi connectivity index (χ4v) is 11.0. The minimum atomic E-state index is -0.938. The van der Waals surface area contributed by atoms with Crippen molar-refractivity contribution in [2.24, 2.45) is 5.92 Å². The first kappa shape index (κ1) is 36.3. The first-order chi connectivity index (χ1) is 22.8. The molecule has 4 atom stereocenters. The number of fused-ring (bicyclic) bond motifs is 2. The fraction of sp³-hybridized carbons (Fsp3) is 0.667. The van der Waals surface area contributed by atoms with E-state index in [1.54, 1.807) is 33.7 Å². The molecule has 5 N–H and O–H groups in total. The van der Waals surface area contributed by atoms with E-state index in [1.807, 2.05) is 12.1 Å². The molecule has 47 heavy (non-hydrogen) atoms. The third kappa shape index (κ3) is 8.97. The SMILES string of the molecule is COc1cc(C[C@@H]2[C@H](O)C[C@@H](OCO)CCc3cc(OC4CCCCC4)c(O)cc3C3(CCCCC3)SSC[C@@H]2O)cc(OC)c1O. The molecular formula is C36H52O9S2. The number of phenolic OH excluding ortho intramolecular Hbond substituents is 2. The molecule has 1 spiro atoms. The van der Waals surface area contributed by atoms with Crippen molar-refractivity contribution in [3.8, 4) is 28.7 Å². The minimum Gasteiger partial charge on any atom is -0.504 e. The second-order valence-corrected chi connectivity index (χ2v) is 16.0. The molecule has 262 valence electrons. The van der Waals surface area contributed by atoms with Gasteiger partial charge in [-0.15, -0.1) is 0 Å². The van der Waals surface area contributed by atoms with Crippen LogP contribution in [0.15, 0.2) is 24.3 Å². The summed E-state index contributed by atoms with van der Waals surface area (Å²) in [6.45, 7) is -0.481. The van der Waals surface area contributed by atoms with E-state index >= 15 is 0 Å². The van der Waals surface area contributed by atoms with E-state index in [0.29, 0.717) is 30.8 Å². The van der Waals surface area contributed by atoms with Gasteiger partial charge in [-0.25, -0.2) is 0 Å². The van der Waals surface area contributed by atoms with E-state index in [9.17, 15) is 25.5 Å². The van der Waals surface area contributed by atoms with Crippen molar-refractivity contribution in [2.75, 3.05) is 26.8 Å². The molecule has 2 fully saturated rings. The molecule has 1 aliphatic heterocycles. The van der Waals surface area contributed by atoms with Crippen LogP contribution in [0.4, 0.5) is 0 Å². The van der Waals surface area contributed by atoms with E-state index in [4.69, 9.17) is 18.9 Å². The van der Waals surface area contributed by atoms with Gasteiger partial charge in [-0.1, -0.05) is 47.3 Å². The maximum atomic E-state index is 11.7. The smallest absolute Gasteiger partial charge is 0.200 e. The number of aromatic hydroxyl groups is 2. The van der Waals surface area contributed by atoms with Crippen LogP contribution in [-0.4, -0.2) is 76.7 Å². The summed E-state index contributed by atoms with van der Waals surface area (Å²) < 4.78 is 22.7. The van der Waals surface area contributed by atoms with E-state index in [1.165, 1.54) is 27.1 Å². The quantitative estimate of drug-likeness (QED) is 0.151. The topological polar surface area (TPSA) is 138 Å². The molecule has 2 aliphatic carbocycles.